The van der Waals surface area contributed by atoms with Crippen molar-refractivity contribution < 1.29 is 10.2 Å². The zero-order valence-electron chi connectivity index (χ0n) is 24.5. The van der Waals surface area contributed by atoms with E-state index in [-0.39, 0.29) is 10.8 Å². The van der Waals surface area contributed by atoms with Crippen molar-refractivity contribution in [3.05, 3.63) is 108 Å². The highest BCUT2D eigenvalue weighted by Gasteiger charge is 2.67. The molecule has 2 heteroatoms. The standard InChI is InChI=1S/C39H42O2/c1-3-19-37-22-36(4-2)23-38(25-37,30-15-17-34(40)32(20-30)28-11-7-5-8-12-28)27-39(24-36,26-37)31-16-18-35(41)33(21-31)29-13-9-6-10-14-29/h5-18,20-21,40-41H,3-4,19,22-27H2,1-2H3. The first-order valence-corrected chi connectivity index (χ1v) is 15.6. The first-order chi connectivity index (χ1) is 19.8. The second-order valence-electron chi connectivity index (χ2n) is 13.9. The first-order valence-electron chi connectivity index (χ1n) is 15.6. The average molecular weight is 543 g/mol. The lowest BCUT2D eigenvalue weighted by Gasteiger charge is -2.71. The maximum absolute atomic E-state index is 11.0. The van der Waals surface area contributed by atoms with Gasteiger partial charge in [-0.3, -0.25) is 0 Å². The Kier molecular flexibility index (Phi) is 6.12. The molecular weight excluding hydrogens is 500 g/mol. The number of phenolic OH excluding ortho intramolecular Hbond substituents is 2. The molecule has 4 aromatic rings. The average Bonchev–Trinajstić information content (AvgIpc) is 2.98. The molecular formula is C39H42O2. The summed E-state index contributed by atoms with van der Waals surface area (Å²) >= 11 is 0. The van der Waals surface area contributed by atoms with Crippen LogP contribution in [0.2, 0.25) is 0 Å². The van der Waals surface area contributed by atoms with Gasteiger partial charge >= 0.3 is 0 Å². The molecule has 4 saturated carbocycles. The van der Waals surface area contributed by atoms with Gasteiger partial charge in [0.2, 0.25) is 0 Å². The van der Waals surface area contributed by atoms with Gasteiger partial charge in [0.1, 0.15) is 11.5 Å². The van der Waals surface area contributed by atoms with Crippen LogP contribution in [0.4, 0.5) is 0 Å². The number of aromatic hydroxyl groups is 2. The molecule has 210 valence electrons. The summed E-state index contributed by atoms with van der Waals surface area (Å²) < 4.78 is 0. The van der Waals surface area contributed by atoms with Crippen LogP contribution < -0.4 is 0 Å². The summed E-state index contributed by atoms with van der Waals surface area (Å²) in [5.41, 5.74) is 7.60. The van der Waals surface area contributed by atoms with Crippen LogP contribution in [0.3, 0.4) is 0 Å². The van der Waals surface area contributed by atoms with Gasteiger partial charge in [-0.05, 0) is 113 Å². The minimum Gasteiger partial charge on any atom is -0.507 e. The van der Waals surface area contributed by atoms with Gasteiger partial charge in [0, 0.05) is 11.1 Å². The molecule has 4 aromatic carbocycles. The number of hydrogen-bond acceptors (Lipinski definition) is 2. The van der Waals surface area contributed by atoms with Crippen molar-refractivity contribution in [3.63, 3.8) is 0 Å². The van der Waals surface area contributed by atoms with Crippen molar-refractivity contribution in [1.29, 1.82) is 0 Å². The summed E-state index contributed by atoms with van der Waals surface area (Å²) in [4.78, 5) is 0. The Morgan fingerprint density at radius 3 is 1.44 bits per heavy atom. The van der Waals surface area contributed by atoms with Crippen LogP contribution >= 0.6 is 0 Å². The maximum Gasteiger partial charge on any atom is 0.123 e. The molecule has 0 saturated heterocycles. The molecule has 4 bridgehead atoms. The number of benzene rings is 4. The zero-order chi connectivity index (χ0) is 28.3. The Hall–Kier alpha value is -3.52. The third-order valence-electron chi connectivity index (χ3n) is 11.2. The second kappa shape index (κ2) is 9.51. The summed E-state index contributed by atoms with van der Waals surface area (Å²) in [6.07, 6.45) is 11.1. The Morgan fingerprint density at radius 1 is 0.537 bits per heavy atom. The van der Waals surface area contributed by atoms with E-state index in [0.29, 0.717) is 22.3 Å². The van der Waals surface area contributed by atoms with Crippen molar-refractivity contribution in [2.75, 3.05) is 0 Å². The largest absolute Gasteiger partial charge is 0.507 e. The van der Waals surface area contributed by atoms with E-state index in [1.165, 1.54) is 62.5 Å². The van der Waals surface area contributed by atoms with Gasteiger partial charge in [-0.25, -0.2) is 0 Å². The Bertz CT molecular complexity index is 1470. The molecule has 8 rings (SSSR count). The van der Waals surface area contributed by atoms with Crippen LogP contribution in [0.1, 0.15) is 82.8 Å². The minimum absolute atomic E-state index is 0.0714. The lowest BCUT2D eigenvalue weighted by Crippen LogP contribution is -2.64. The van der Waals surface area contributed by atoms with Crippen LogP contribution in [0, 0.1) is 10.8 Å². The Balaban J connectivity index is 1.41. The van der Waals surface area contributed by atoms with Crippen LogP contribution in [0.5, 0.6) is 11.5 Å². The van der Waals surface area contributed by atoms with E-state index in [0.717, 1.165) is 28.7 Å². The highest BCUT2D eigenvalue weighted by Crippen LogP contribution is 2.76. The van der Waals surface area contributed by atoms with Crippen LogP contribution in [0.15, 0.2) is 97.1 Å². The molecule has 0 heterocycles. The summed E-state index contributed by atoms with van der Waals surface area (Å²) in [5, 5.41) is 21.9. The number of rotatable bonds is 7. The maximum atomic E-state index is 11.0. The lowest BCUT2D eigenvalue weighted by molar-refractivity contribution is -0.146. The topological polar surface area (TPSA) is 40.5 Å². The SMILES string of the molecule is CCCC12CC3(CC)CC(c4ccc(O)c(-c5ccccc5)c4)(C1)CC(c1ccc(O)c(-c4ccccc4)c1)(C3)C2. The summed E-state index contributed by atoms with van der Waals surface area (Å²) in [6, 6.07) is 33.7. The third-order valence-corrected chi connectivity index (χ3v) is 11.2. The summed E-state index contributed by atoms with van der Waals surface area (Å²) in [6.45, 7) is 4.78. The smallest absolute Gasteiger partial charge is 0.123 e. The molecule has 0 spiro atoms. The molecule has 2 nitrogen and oxygen atoms in total. The molecule has 4 aliphatic carbocycles. The van der Waals surface area contributed by atoms with Gasteiger partial charge in [-0.15, -0.1) is 0 Å². The lowest BCUT2D eigenvalue weighted by atomic mass is 9.33. The highest BCUT2D eigenvalue weighted by atomic mass is 16.3. The third kappa shape index (κ3) is 4.21. The van der Waals surface area contributed by atoms with E-state index in [4.69, 9.17) is 0 Å². The van der Waals surface area contributed by atoms with Crippen molar-refractivity contribution in [2.45, 2.75) is 82.5 Å². The fourth-order valence-corrected chi connectivity index (χ4v) is 10.3. The van der Waals surface area contributed by atoms with E-state index in [2.05, 4.69) is 86.6 Å². The molecule has 4 aliphatic rings. The molecule has 2 atom stereocenters. The second-order valence-corrected chi connectivity index (χ2v) is 13.9. The van der Waals surface area contributed by atoms with Crippen molar-refractivity contribution in [2.24, 2.45) is 10.8 Å². The molecule has 0 amide bonds. The predicted molar refractivity (Wildman–Crippen MR) is 168 cm³/mol. The molecule has 4 fully saturated rings. The Morgan fingerprint density at radius 2 is 1.00 bits per heavy atom. The zero-order valence-corrected chi connectivity index (χ0v) is 24.5. The van der Waals surface area contributed by atoms with E-state index in [9.17, 15) is 10.2 Å². The normalized spacial score (nSPS) is 30.0. The quantitative estimate of drug-likeness (QED) is 0.244. The fourth-order valence-electron chi connectivity index (χ4n) is 10.3. The molecule has 2 N–H and O–H groups in total. The molecule has 0 aliphatic heterocycles. The van der Waals surface area contributed by atoms with Crippen molar-refractivity contribution in [1.82, 2.24) is 0 Å². The van der Waals surface area contributed by atoms with Crippen LogP contribution in [-0.2, 0) is 10.8 Å². The van der Waals surface area contributed by atoms with Crippen molar-refractivity contribution >= 4 is 0 Å². The number of phenols is 2. The van der Waals surface area contributed by atoms with Gasteiger partial charge in [0.25, 0.3) is 0 Å². The summed E-state index contributed by atoms with van der Waals surface area (Å²) in [7, 11) is 0. The monoisotopic (exact) mass is 542 g/mol. The molecule has 0 radical (unpaired) electrons. The highest BCUT2D eigenvalue weighted by molar-refractivity contribution is 5.72. The fraction of sp³-hybridized carbons (Fsp3) is 0.385. The van der Waals surface area contributed by atoms with Gasteiger partial charge in [0.15, 0.2) is 0 Å². The van der Waals surface area contributed by atoms with Crippen molar-refractivity contribution in [3.8, 4) is 33.8 Å². The van der Waals surface area contributed by atoms with E-state index in [1.807, 2.05) is 24.3 Å². The van der Waals surface area contributed by atoms with E-state index >= 15 is 0 Å². The molecule has 41 heavy (non-hydrogen) atoms. The van der Waals surface area contributed by atoms with E-state index in [1.54, 1.807) is 0 Å². The van der Waals surface area contributed by atoms with Crippen LogP contribution in [0.25, 0.3) is 22.3 Å². The predicted octanol–water partition coefficient (Wildman–Crippen LogP) is 10.2. The number of hydrogen-bond donors (Lipinski definition) is 2. The van der Waals surface area contributed by atoms with Crippen LogP contribution in [-0.4, -0.2) is 10.2 Å². The first kappa shape index (κ1) is 26.4. The van der Waals surface area contributed by atoms with Gasteiger partial charge < -0.3 is 10.2 Å². The van der Waals surface area contributed by atoms with Gasteiger partial charge in [0.05, 0.1) is 0 Å². The molecule has 2 unspecified atom stereocenters. The molecule has 0 aromatic heterocycles. The van der Waals surface area contributed by atoms with Gasteiger partial charge in [-0.1, -0.05) is 99.5 Å². The van der Waals surface area contributed by atoms with E-state index < -0.39 is 0 Å². The van der Waals surface area contributed by atoms with Gasteiger partial charge in [-0.2, -0.15) is 0 Å². The summed E-state index contributed by atoms with van der Waals surface area (Å²) in [5.74, 6) is 0.720. The minimum atomic E-state index is 0.0714. The Labute approximate surface area is 245 Å².